The van der Waals surface area contributed by atoms with Gasteiger partial charge in [-0.25, -0.2) is 0 Å². The normalized spacial score (nSPS) is 17.4. The van der Waals surface area contributed by atoms with E-state index >= 15 is 0 Å². The Morgan fingerprint density at radius 3 is 2.43 bits per heavy atom. The standard InChI is InChI=1S/C11H24N2O/c1-3-5-13(11-9-12-10-11)6-8-14-7-4-2/h11-12H,3-10H2,1-2H3. The Bertz CT molecular complexity index is 137. The molecule has 1 heterocycles. The van der Waals surface area contributed by atoms with Crippen molar-refractivity contribution in [1.29, 1.82) is 0 Å². The highest BCUT2D eigenvalue weighted by Crippen LogP contribution is 2.05. The van der Waals surface area contributed by atoms with Crippen molar-refractivity contribution in [2.45, 2.75) is 32.7 Å². The first-order valence-corrected chi connectivity index (χ1v) is 5.91. The van der Waals surface area contributed by atoms with E-state index in [9.17, 15) is 0 Å². The van der Waals surface area contributed by atoms with E-state index in [1.165, 1.54) is 13.0 Å². The van der Waals surface area contributed by atoms with E-state index < -0.39 is 0 Å². The van der Waals surface area contributed by atoms with Crippen LogP contribution < -0.4 is 5.32 Å². The Balaban J connectivity index is 2.08. The second-order valence-corrected chi connectivity index (χ2v) is 3.96. The van der Waals surface area contributed by atoms with E-state index in [4.69, 9.17) is 4.74 Å². The molecule has 1 aliphatic heterocycles. The van der Waals surface area contributed by atoms with Crippen LogP contribution in [-0.2, 0) is 4.74 Å². The van der Waals surface area contributed by atoms with E-state index in [0.717, 1.165) is 45.3 Å². The highest BCUT2D eigenvalue weighted by Gasteiger charge is 2.23. The fourth-order valence-corrected chi connectivity index (χ4v) is 1.72. The molecule has 1 saturated heterocycles. The van der Waals surface area contributed by atoms with Crippen LogP contribution >= 0.6 is 0 Å². The maximum absolute atomic E-state index is 5.52. The topological polar surface area (TPSA) is 24.5 Å². The summed E-state index contributed by atoms with van der Waals surface area (Å²) in [6.45, 7) is 10.8. The first-order valence-electron chi connectivity index (χ1n) is 5.91. The van der Waals surface area contributed by atoms with E-state index in [1.807, 2.05) is 0 Å². The lowest BCUT2D eigenvalue weighted by molar-refractivity contribution is 0.0724. The van der Waals surface area contributed by atoms with Crippen molar-refractivity contribution in [1.82, 2.24) is 10.2 Å². The molecule has 0 radical (unpaired) electrons. The molecule has 14 heavy (non-hydrogen) atoms. The molecule has 0 aliphatic carbocycles. The average Bonchev–Trinajstić information content (AvgIpc) is 2.10. The minimum Gasteiger partial charge on any atom is -0.380 e. The average molecular weight is 200 g/mol. The van der Waals surface area contributed by atoms with Crippen molar-refractivity contribution in [2.75, 3.05) is 39.4 Å². The van der Waals surface area contributed by atoms with Crippen LogP contribution in [0.25, 0.3) is 0 Å². The molecule has 0 bridgehead atoms. The molecule has 1 fully saturated rings. The Morgan fingerprint density at radius 2 is 1.93 bits per heavy atom. The van der Waals surface area contributed by atoms with Gasteiger partial charge in [-0.15, -0.1) is 0 Å². The summed E-state index contributed by atoms with van der Waals surface area (Å²) in [6, 6.07) is 0.764. The molecule has 0 unspecified atom stereocenters. The molecule has 3 heteroatoms. The molecule has 0 spiro atoms. The number of ether oxygens (including phenoxy) is 1. The molecule has 0 atom stereocenters. The van der Waals surface area contributed by atoms with Gasteiger partial charge in [0, 0.05) is 32.3 Å². The van der Waals surface area contributed by atoms with Crippen molar-refractivity contribution in [3.05, 3.63) is 0 Å². The Morgan fingerprint density at radius 1 is 1.14 bits per heavy atom. The third-order valence-corrected chi connectivity index (χ3v) is 2.66. The summed E-state index contributed by atoms with van der Waals surface area (Å²) in [6.07, 6.45) is 2.36. The number of hydrogen-bond donors (Lipinski definition) is 1. The summed E-state index contributed by atoms with van der Waals surface area (Å²) in [7, 11) is 0. The first kappa shape index (κ1) is 12.0. The van der Waals surface area contributed by atoms with Gasteiger partial charge in [0.25, 0.3) is 0 Å². The van der Waals surface area contributed by atoms with Crippen LogP contribution in [0.3, 0.4) is 0 Å². The predicted octanol–water partition coefficient (Wildman–Crippen LogP) is 1.10. The largest absolute Gasteiger partial charge is 0.380 e. The monoisotopic (exact) mass is 200 g/mol. The number of nitrogens with one attached hydrogen (secondary N) is 1. The second-order valence-electron chi connectivity index (χ2n) is 3.96. The molecule has 0 aromatic carbocycles. The zero-order valence-electron chi connectivity index (χ0n) is 9.59. The van der Waals surface area contributed by atoms with Crippen LogP contribution in [0.4, 0.5) is 0 Å². The molecule has 0 aromatic rings. The molecular formula is C11H24N2O. The summed E-state index contributed by atoms with van der Waals surface area (Å²) in [5.74, 6) is 0. The van der Waals surface area contributed by atoms with Crippen molar-refractivity contribution in [2.24, 2.45) is 0 Å². The summed E-state index contributed by atoms with van der Waals surface area (Å²) >= 11 is 0. The minimum absolute atomic E-state index is 0.764. The summed E-state index contributed by atoms with van der Waals surface area (Å²) in [5.41, 5.74) is 0. The lowest BCUT2D eigenvalue weighted by Crippen LogP contribution is -2.57. The van der Waals surface area contributed by atoms with Gasteiger partial charge in [0.1, 0.15) is 0 Å². The van der Waals surface area contributed by atoms with Crippen LogP contribution in [0.15, 0.2) is 0 Å². The minimum atomic E-state index is 0.764. The maximum atomic E-state index is 5.52. The van der Waals surface area contributed by atoms with Gasteiger partial charge in [-0.05, 0) is 19.4 Å². The Hall–Kier alpha value is -0.120. The summed E-state index contributed by atoms with van der Waals surface area (Å²) in [5, 5.41) is 3.32. The molecule has 0 amide bonds. The second kappa shape index (κ2) is 7.21. The number of hydrogen-bond acceptors (Lipinski definition) is 3. The zero-order chi connectivity index (χ0) is 10.2. The summed E-state index contributed by atoms with van der Waals surface area (Å²) < 4.78 is 5.52. The van der Waals surface area contributed by atoms with Crippen LogP contribution in [0.2, 0.25) is 0 Å². The highest BCUT2D eigenvalue weighted by atomic mass is 16.5. The molecule has 84 valence electrons. The highest BCUT2D eigenvalue weighted by molar-refractivity contribution is 4.84. The molecule has 1 aliphatic rings. The van der Waals surface area contributed by atoms with E-state index in [-0.39, 0.29) is 0 Å². The molecule has 1 rings (SSSR count). The van der Waals surface area contributed by atoms with Crippen LogP contribution in [-0.4, -0.2) is 50.3 Å². The van der Waals surface area contributed by atoms with Gasteiger partial charge in [-0.3, -0.25) is 4.90 Å². The quantitative estimate of drug-likeness (QED) is 0.594. The Kier molecular flexibility index (Phi) is 6.15. The van der Waals surface area contributed by atoms with Crippen LogP contribution in [0.5, 0.6) is 0 Å². The third-order valence-electron chi connectivity index (χ3n) is 2.66. The van der Waals surface area contributed by atoms with E-state index in [2.05, 4.69) is 24.1 Å². The van der Waals surface area contributed by atoms with Crippen molar-refractivity contribution in [3.63, 3.8) is 0 Å². The smallest absolute Gasteiger partial charge is 0.0593 e. The van der Waals surface area contributed by atoms with Gasteiger partial charge in [0.15, 0.2) is 0 Å². The molecular weight excluding hydrogens is 176 g/mol. The number of rotatable bonds is 8. The van der Waals surface area contributed by atoms with Gasteiger partial charge < -0.3 is 10.1 Å². The van der Waals surface area contributed by atoms with Gasteiger partial charge in [0.2, 0.25) is 0 Å². The van der Waals surface area contributed by atoms with Gasteiger partial charge in [-0.2, -0.15) is 0 Å². The zero-order valence-corrected chi connectivity index (χ0v) is 9.59. The number of nitrogens with zero attached hydrogens (tertiary/aromatic N) is 1. The van der Waals surface area contributed by atoms with Crippen molar-refractivity contribution >= 4 is 0 Å². The van der Waals surface area contributed by atoms with E-state index in [1.54, 1.807) is 0 Å². The first-order chi connectivity index (χ1) is 6.88. The van der Waals surface area contributed by atoms with Crippen LogP contribution in [0.1, 0.15) is 26.7 Å². The van der Waals surface area contributed by atoms with Gasteiger partial charge in [0.05, 0.1) is 6.61 Å². The molecule has 3 nitrogen and oxygen atoms in total. The SMILES string of the molecule is CCCOCCN(CCC)C1CNC1. The van der Waals surface area contributed by atoms with Crippen molar-refractivity contribution < 1.29 is 4.74 Å². The fraction of sp³-hybridized carbons (Fsp3) is 1.00. The Labute approximate surface area is 87.8 Å². The lowest BCUT2D eigenvalue weighted by atomic mass is 10.1. The van der Waals surface area contributed by atoms with Gasteiger partial charge >= 0.3 is 0 Å². The fourth-order valence-electron chi connectivity index (χ4n) is 1.72. The molecule has 0 aromatic heterocycles. The molecule has 1 N–H and O–H groups in total. The van der Waals surface area contributed by atoms with Crippen LogP contribution in [0, 0.1) is 0 Å². The summed E-state index contributed by atoms with van der Waals surface area (Å²) in [4.78, 5) is 2.55. The predicted molar refractivity (Wildman–Crippen MR) is 59.6 cm³/mol. The van der Waals surface area contributed by atoms with E-state index in [0.29, 0.717) is 0 Å². The maximum Gasteiger partial charge on any atom is 0.0593 e. The van der Waals surface area contributed by atoms with Crippen molar-refractivity contribution in [3.8, 4) is 0 Å². The lowest BCUT2D eigenvalue weighted by Gasteiger charge is -2.38. The third kappa shape index (κ3) is 3.95. The van der Waals surface area contributed by atoms with Gasteiger partial charge in [-0.1, -0.05) is 13.8 Å². The molecule has 0 saturated carbocycles.